The first kappa shape index (κ1) is 17.6. The smallest absolute Gasteiger partial charge is 0.340 e. The van der Waals surface area contributed by atoms with Gasteiger partial charge in [-0.2, -0.15) is 0 Å². The third kappa shape index (κ3) is 4.25. The van der Waals surface area contributed by atoms with Crippen molar-refractivity contribution in [2.24, 2.45) is 0 Å². The van der Waals surface area contributed by atoms with Crippen molar-refractivity contribution in [1.82, 2.24) is 0 Å². The Hall–Kier alpha value is -1.46. The average molecular weight is 315 g/mol. The Morgan fingerprint density at radius 1 is 1.43 bits per heavy atom. The fourth-order valence-corrected chi connectivity index (χ4v) is 2.63. The van der Waals surface area contributed by atoms with E-state index in [1.807, 2.05) is 18.7 Å². The van der Waals surface area contributed by atoms with Crippen molar-refractivity contribution in [3.05, 3.63) is 22.7 Å². The van der Waals surface area contributed by atoms with Crippen LogP contribution in [0.3, 0.4) is 0 Å². The van der Waals surface area contributed by atoms with E-state index in [1.165, 1.54) is 0 Å². The summed E-state index contributed by atoms with van der Waals surface area (Å²) < 4.78 is 10.3. The summed E-state index contributed by atoms with van der Waals surface area (Å²) in [4.78, 5) is 14.2. The van der Waals surface area contributed by atoms with Crippen molar-refractivity contribution in [2.45, 2.75) is 26.8 Å². The topological polar surface area (TPSA) is 64.8 Å². The Kier molecular flexibility index (Phi) is 6.78. The van der Waals surface area contributed by atoms with Gasteiger partial charge in [-0.05, 0) is 32.9 Å². The number of halogens is 1. The van der Waals surface area contributed by atoms with E-state index in [9.17, 15) is 4.79 Å². The molecule has 1 unspecified atom stereocenters. The predicted molar refractivity (Wildman–Crippen MR) is 86.2 cm³/mol. The molecule has 21 heavy (non-hydrogen) atoms. The van der Waals surface area contributed by atoms with Gasteiger partial charge in [-0.25, -0.2) is 4.79 Å². The van der Waals surface area contributed by atoms with Crippen LogP contribution in [0.2, 0.25) is 5.02 Å². The monoisotopic (exact) mass is 314 g/mol. The van der Waals surface area contributed by atoms with Gasteiger partial charge in [0, 0.05) is 25.4 Å². The molecule has 0 heterocycles. The molecule has 0 aliphatic rings. The van der Waals surface area contributed by atoms with Crippen molar-refractivity contribution in [3.63, 3.8) is 0 Å². The number of methoxy groups -OCH3 is 1. The lowest BCUT2D eigenvalue weighted by Gasteiger charge is -2.32. The van der Waals surface area contributed by atoms with Crippen LogP contribution in [0.25, 0.3) is 0 Å². The quantitative estimate of drug-likeness (QED) is 0.619. The van der Waals surface area contributed by atoms with Crippen LogP contribution < -0.4 is 10.6 Å². The van der Waals surface area contributed by atoms with E-state index in [2.05, 4.69) is 0 Å². The van der Waals surface area contributed by atoms with Crippen LogP contribution in [0.15, 0.2) is 12.1 Å². The zero-order chi connectivity index (χ0) is 16.0. The molecule has 0 amide bonds. The van der Waals surface area contributed by atoms with Gasteiger partial charge < -0.3 is 20.1 Å². The summed E-state index contributed by atoms with van der Waals surface area (Å²) in [5.41, 5.74) is 7.25. The van der Waals surface area contributed by atoms with Crippen molar-refractivity contribution in [3.8, 4) is 0 Å². The average Bonchev–Trinajstić information content (AvgIpc) is 2.42. The highest BCUT2D eigenvalue weighted by atomic mass is 35.5. The molecule has 0 fully saturated rings. The number of nitrogens with two attached hydrogens (primary N) is 1. The molecule has 0 saturated heterocycles. The number of esters is 1. The van der Waals surface area contributed by atoms with Gasteiger partial charge in [0.15, 0.2) is 0 Å². The van der Waals surface area contributed by atoms with Crippen LogP contribution in [0, 0.1) is 0 Å². The molecule has 5 nitrogen and oxygen atoms in total. The van der Waals surface area contributed by atoms with Crippen molar-refractivity contribution in [2.75, 3.05) is 37.5 Å². The number of carbonyl (C=O) groups is 1. The number of nitrogen functional groups attached to an aromatic ring is 1. The van der Waals surface area contributed by atoms with Crippen LogP contribution in [0.1, 0.15) is 31.1 Å². The second-order valence-corrected chi connectivity index (χ2v) is 5.12. The first-order valence-electron chi connectivity index (χ1n) is 6.97. The molecular formula is C15H23ClN2O3. The number of likely N-dealkylation sites (N-methyl/N-ethyl adjacent to an activating group) is 1. The largest absolute Gasteiger partial charge is 0.462 e. The minimum Gasteiger partial charge on any atom is -0.462 e. The highest BCUT2D eigenvalue weighted by Gasteiger charge is 2.24. The zero-order valence-corrected chi connectivity index (χ0v) is 13.7. The summed E-state index contributed by atoms with van der Waals surface area (Å²) in [5, 5.41) is 0.433. The first-order valence-corrected chi connectivity index (χ1v) is 7.35. The van der Waals surface area contributed by atoms with Crippen LogP contribution >= 0.6 is 11.6 Å². The Bertz CT molecular complexity index is 494. The Balaban J connectivity index is 3.33. The number of benzene rings is 1. The molecule has 1 aromatic carbocycles. The maximum absolute atomic E-state index is 12.2. The van der Waals surface area contributed by atoms with E-state index >= 15 is 0 Å². The molecule has 0 aromatic heterocycles. The van der Waals surface area contributed by atoms with E-state index in [0.29, 0.717) is 41.7 Å². The Morgan fingerprint density at radius 2 is 2.10 bits per heavy atom. The second kappa shape index (κ2) is 8.10. The number of hydrogen-bond acceptors (Lipinski definition) is 5. The zero-order valence-electron chi connectivity index (χ0n) is 13.0. The first-order chi connectivity index (χ1) is 9.96. The van der Waals surface area contributed by atoms with Gasteiger partial charge in [0.25, 0.3) is 0 Å². The lowest BCUT2D eigenvalue weighted by molar-refractivity contribution is 0.0527. The molecule has 118 valence electrons. The maximum Gasteiger partial charge on any atom is 0.340 e. The van der Waals surface area contributed by atoms with Gasteiger partial charge in [0.2, 0.25) is 0 Å². The normalized spacial score (nSPS) is 12.0. The second-order valence-electron chi connectivity index (χ2n) is 4.71. The Morgan fingerprint density at radius 3 is 2.62 bits per heavy atom. The lowest BCUT2D eigenvalue weighted by atomic mass is 10.1. The van der Waals surface area contributed by atoms with Crippen LogP contribution in [0.5, 0.6) is 0 Å². The molecule has 2 N–H and O–H groups in total. The molecule has 0 radical (unpaired) electrons. The number of anilines is 2. The third-order valence-corrected chi connectivity index (χ3v) is 3.44. The molecule has 0 spiro atoms. The molecule has 6 heteroatoms. The number of nitrogens with zero attached hydrogens (tertiary/aromatic N) is 1. The van der Waals surface area contributed by atoms with Gasteiger partial charge >= 0.3 is 5.97 Å². The summed E-state index contributed by atoms with van der Waals surface area (Å²) in [6, 6.07) is 3.30. The summed E-state index contributed by atoms with van der Waals surface area (Å²) in [6.45, 7) is 7.26. The molecule has 1 atom stereocenters. The number of ether oxygens (including phenoxy) is 2. The fraction of sp³-hybridized carbons (Fsp3) is 0.533. The molecule has 0 aliphatic carbocycles. The third-order valence-electron chi connectivity index (χ3n) is 3.15. The Labute approximate surface area is 131 Å². The number of rotatable bonds is 7. The van der Waals surface area contributed by atoms with E-state index in [-0.39, 0.29) is 6.04 Å². The molecule has 0 aliphatic heterocycles. The highest BCUT2D eigenvalue weighted by Crippen LogP contribution is 2.34. The van der Waals surface area contributed by atoms with E-state index in [1.54, 1.807) is 26.2 Å². The van der Waals surface area contributed by atoms with Gasteiger partial charge in [-0.1, -0.05) is 11.6 Å². The van der Waals surface area contributed by atoms with Crippen LogP contribution in [0.4, 0.5) is 11.4 Å². The van der Waals surface area contributed by atoms with Gasteiger partial charge in [0.05, 0.1) is 29.5 Å². The van der Waals surface area contributed by atoms with Crippen LogP contribution in [-0.2, 0) is 9.47 Å². The van der Waals surface area contributed by atoms with Gasteiger partial charge in [0.1, 0.15) is 0 Å². The molecule has 1 aromatic rings. The minimum atomic E-state index is -0.426. The van der Waals surface area contributed by atoms with E-state index in [0.717, 1.165) is 0 Å². The minimum absolute atomic E-state index is 0.0642. The molecular weight excluding hydrogens is 292 g/mol. The van der Waals surface area contributed by atoms with Gasteiger partial charge in [-0.15, -0.1) is 0 Å². The fourth-order valence-electron chi connectivity index (χ4n) is 2.30. The lowest BCUT2D eigenvalue weighted by Crippen LogP contribution is -2.37. The summed E-state index contributed by atoms with van der Waals surface area (Å²) in [7, 11) is 1.64. The predicted octanol–water partition coefficient (Wildman–Crippen LogP) is 2.96. The van der Waals surface area contributed by atoms with E-state index in [4.69, 9.17) is 26.8 Å². The summed E-state index contributed by atoms with van der Waals surface area (Å²) in [5.74, 6) is -0.426. The van der Waals surface area contributed by atoms with Crippen molar-refractivity contribution >= 4 is 28.9 Å². The molecule has 0 saturated carbocycles. The number of carbonyl (C=O) groups excluding carboxylic acids is 1. The highest BCUT2D eigenvalue weighted by molar-refractivity contribution is 6.34. The number of hydrogen-bond donors (Lipinski definition) is 1. The molecule has 1 rings (SSSR count). The summed E-state index contributed by atoms with van der Waals surface area (Å²) >= 11 is 6.33. The van der Waals surface area contributed by atoms with Crippen molar-refractivity contribution < 1.29 is 14.3 Å². The summed E-state index contributed by atoms with van der Waals surface area (Å²) in [6.07, 6.45) is 0. The van der Waals surface area contributed by atoms with Crippen molar-refractivity contribution in [1.29, 1.82) is 0 Å². The molecule has 0 bridgehead atoms. The maximum atomic E-state index is 12.2. The van der Waals surface area contributed by atoms with Gasteiger partial charge in [-0.3, -0.25) is 0 Å². The standard InChI is InChI=1S/C15H23ClN2O3/c1-5-18(10(3)9-20-4)14-12(15(19)21-6-2)7-11(17)8-13(14)16/h7-8,10H,5-6,9,17H2,1-4H3. The van der Waals surface area contributed by atoms with Crippen LogP contribution in [-0.4, -0.2) is 38.9 Å². The van der Waals surface area contributed by atoms with E-state index < -0.39 is 5.97 Å². The SMILES string of the molecule is CCOC(=O)c1cc(N)cc(Cl)c1N(CC)C(C)COC.